The summed E-state index contributed by atoms with van der Waals surface area (Å²) in [5, 5.41) is 2.66. The minimum absolute atomic E-state index is 0.170. The van der Waals surface area contributed by atoms with Gasteiger partial charge in [-0.3, -0.25) is 9.69 Å². The molecule has 2 atom stereocenters. The van der Waals surface area contributed by atoms with Crippen LogP contribution in [0.4, 0.5) is 13.2 Å². The normalized spacial score (nSPS) is 20.3. The topological polar surface area (TPSA) is 49.4 Å². The molecule has 1 aliphatic heterocycles. The van der Waals surface area contributed by atoms with Gasteiger partial charge in [0.15, 0.2) is 0 Å². The van der Waals surface area contributed by atoms with Crippen molar-refractivity contribution >= 4 is 12.2 Å². The molecular formula is C16H19F3N2O2. The van der Waals surface area contributed by atoms with Crippen LogP contribution in [0.1, 0.15) is 24.0 Å². The summed E-state index contributed by atoms with van der Waals surface area (Å²) < 4.78 is 37.5. The predicted octanol–water partition coefficient (Wildman–Crippen LogP) is 2.03. The van der Waals surface area contributed by atoms with E-state index in [1.807, 2.05) is 11.9 Å². The second kappa shape index (κ2) is 7.12. The van der Waals surface area contributed by atoms with Gasteiger partial charge in [-0.1, -0.05) is 12.1 Å². The summed E-state index contributed by atoms with van der Waals surface area (Å²) in [5.74, 6) is -0.214. The van der Waals surface area contributed by atoms with Gasteiger partial charge >= 0.3 is 6.18 Å². The third kappa shape index (κ3) is 4.54. The van der Waals surface area contributed by atoms with Crippen molar-refractivity contribution in [1.29, 1.82) is 0 Å². The molecule has 4 nitrogen and oxygen atoms in total. The fourth-order valence-electron chi connectivity index (χ4n) is 2.74. The fraction of sp³-hybridized carbons (Fsp3) is 0.500. The summed E-state index contributed by atoms with van der Waals surface area (Å²) in [4.78, 5) is 25.2. The van der Waals surface area contributed by atoms with E-state index in [0.29, 0.717) is 11.8 Å². The number of nitrogens with zero attached hydrogens (tertiary/aromatic N) is 1. The first-order valence-electron chi connectivity index (χ1n) is 7.43. The number of amides is 1. The molecule has 1 aromatic rings. The Labute approximate surface area is 132 Å². The molecule has 0 spiro atoms. The zero-order chi connectivity index (χ0) is 17.0. The maximum absolute atomic E-state index is 12.5. The lowest BCUT2D eigenvalue weighted by Crippen LogP contribution is -2.47. The molecule has 2 rings (SSSR count). The summed E-state index contributed by atoms with van der Waals surface area (Å²) >= 11 is 0. The standard InChI is InChI=1S/C16H19F3N2O2/c1-21-8-2-3-14(21)15(23)20-13(10-22)9-11-4-6-12(7-5-11)16(17,18)19/h4-7,10,13-14H,2-3,8-9H2,1H3,(H,20,23). The van der Waals surface area contributed by atoms with Gasteiger partial charge in [0.1, 0.15) is 6.29 Å². The van der Waals surface area contributed by atoms with Crippen molar-refractivity contribution in [3.63, 3.8) is 0 Å². The zero-order valence-electron chi connectivity index (χ0n) is 12.8. The molecule has 1 fully saturated rings. The fourth-order valence-corrected chi connectivity index (χ4v) is 2.74. The molecule has 1 amide bonds. The molecule has 1 heterocycles. The molecule has 1 N–H and O–H groups in total. The van der Waals surface area contributed by atoms with E-state index in [4.69, 9.17) is 0 Å². The predicted molar refractivity (Wildman–Crippen MR) is 78.8 cm³/mol. The van der Waals surface area contributed by atoms with E-state index in [9.17, 15) is 22.8 Å². The van der Waals surface area contributed by atoms with Crippen molar-refractivity contribution in [2.45, 2.75) is 37.5 Å². The monoisotopic (exact) mass is 328 g/mol. The summed E-state index contributed by atoms with van der Waals surface area (Å²) in [5.41, 5.74) is -0.171. The number of likely N-dealkylation sites (tertiary alicyclic amines) is 1. The number of hydrogen-bond donors (Lipinski definition) is 1. The van der Waals surface area contributed by atoms with Crippen LogP contribution in [0.15, 0.2) is 24.3 Å². The van der Waals surface area contributed by atoms with Crippen LogP contribution >= 0.6 is 0 Å². The molecule has 0 saturated carbocycles. The van der Waals surface area contributed by atoms with Gasteiger partial charge in [0.2, 0.25) is 5.91 Å². The molecule has 0 radical (unpaired) electrons. The Morgan fingerprint density at radius 1 is 1.39 bits per heavy atom. The first-order valence-corrected chi connectivity index (χ1v) is 7.43. The maximum Gasteiger partial charge on any atom is 0.416 e. The largest absolute Gasteiger partial charge is 0.416 e. The Bertz CT molecular complexity index is 557. The number of benzene rings is 1. The summed E-state index contributed by atoms with van der Waals surface area (Å²) in [7, 11) is 1.85. The lowest BCUT2D eigenvalue weighted by molar-refractivity contribution is -0.137. The highest BCUT2D eigenvalue weighted by Gasteiger charge is 2.31. The van der Waals surface area contributed by atoms with E-state index in [2.05, 4.69) is 5.32 Å². The Hall–Kier alpha value is -1.89. The summed E-state index contributed by atoms with van der Waals surface area (Å²) in [6, 6.07) is 3.62. The van der Waals surface area contributed by atoms with E-state index in [1.165, 1.54) is 12.1 Å². The second-order valence-corrected chi connectivity index (χ2v) is 5.79. The van der Waals surface area contributed by atoms with Crippen LogP contribution in [0.2, 0.25) is 0 Å². The van der Waals surface area contributed by atoms with E-state index in [1.54, 1.807) is 0 Å². The number of nitrogens with one attached hydrogen (secondary N) is 1. The highest BCUT2D eigenvalue weighted by Crippen LogP contribution is 2.29. The molecule has 126 valence electrons. The van der Waals surface area contributed by atoms with Crippen molar-refractivity contribution in [1.82, 2.24) is 10.2 Å². The number of aldehydes is 1. The van der Waals surface area contributed by atoms with E-state index < -0.39 is 17.8 Å². The maximum atomic E-state index is 12.5. The van der Waals surface area contributed by atoms with Gasteiger partial charge in [-0.05, 0) is 50.6 Å². The zero-order valence-corrected chi connectivity index (χ0v) is 12.8. The quantitative estimate of drug-likeness (QED) is 0.842. The molecule has 23 heavy (non-hydrogen) atoms. The van der Waals surface area contributed by atoms with E-state index in [-0.39, 0.29) is 18.4 Å². The molecule has 1 aromatic carbocycles. The van der Waals surface area contributed by atoms with Crippen molar-refractivity contribution in [3.8, 4) is 0 Å². The minimum atomic E-state index is -4.39. The third-order valence-electron chi connectivity index (χ3n) is 4.05. The number of alkyl halides is 3. The van der Waals surface area contributed by atoms with Crippen LogP contribution in [-0.4, -0.2) is 42.8 Å². The summed E-state index contributed by atoms with van der Waals surface area (Å²) in [6.45, 7) is 0.836. The molecule has 0 bridgehead atoms. The van der Waals surface area contributed by atoms with Gasteiger partial charge in [0.25, 0.3) is 0 Å². The van der Waals surface area contributed by atoms with E-state index in [0.717, 1.165) is 31.5 Å². The average molecular weight is 328 g/mol. The van der Waals surface area contributed by atoms with Crippen molar-refractivity contribution in [2.24, 2.45) is 0 Å². The van der Waals surface area contributed by atoms with Crippen LogP contribution in [0.5, 0.6) is 0 Å². The Kier molecular flexibility index (Phi) is 5.41. The molecule has 2 unspecified atom stereocenters. The minimum Gasteiger partial charge on any atom is -0.345 e. The van der Waals surface area contributed by atoms with Crippen LogP contribution in [0.3, 0.4) is 0 Å². The number of halogens is 3. The highest BCUT2D eigenvalue weighted by atomic mass is 19.4. The van der Waals surface area contributed by atoms with Gasteiger partial charge in [-0.25, -0.2) is 0 Å². The molecule has 1 saturated heterocycles. The van der Waals surface area contributed by atoms with Crippen LogP contribution in [-0.2, 0) is 22.2 Å². The van der Waals surface area contributed by atoms with Crippen LogP contribution < -0.4 is 5.32 Å². The molecular weight excluding hydrogens is 309 g/mol. The SMILES string of the molecule is CN1CCCC1C(=O)NC(C=O)Cc1ccc(C(F)(F)F)cc1. The van der Waals surface area contributed by atoms with Gasteiger partial charge in [0, 0.05) is 0 Å². The lowest BCUT2D eigenvalue weighted by atomic mass is 10.0. The third-order valence-corrected chi connectivity index (χ3v) is 4.05. The average Bonchev–Trinajstić information content (AvgIpc) is 2.92. The first-order chi connectivity index (χ1) is 10.8. The van der Waals surface area contributed by atoms with Crippen LogP contribution in [0.25, 0.3) is 0 Å². The van der Waals surface area contributed by atoms with Gasteiger partial charge in [-0.15, -0.1) is 0 Å². The lowest BCUT2D eigenvalue weighted by Gasteiger charge is -2.21. The summed E-state index contributed by atoms with van der Waals surface area (Å²) in [6.07, 6.45) is -1.92. The number of hydrogen-bond acceptors (Lipinski definition) is 3. The van der Waals surface area contributed by atoms with Crippen LogP contribution in [0, 0.1) is 0 Å². The Balaban J connectivity index is 1.96. The first kappa shape index (κ1) is 17.5. The number of likely N-dealkylation sites (N-methyl/N-ethyl adjacent to an activating group) is 1. The smallest absolute Gasteiger partial charge is 0.345 e. The number of carbonyl (C=O) groups excluding carboxylic acids is 2. The van der Waals surface area contributed by atoms with Gasteiger partial charge < -0.3 is 10.1 Å². The Morgan fingerprint density at radius 3 is 2.52 bits per heavy atom. The molecule has 0 aromatic heterocycles. The Morgan fingerprint density at radius 2 is 2.04 bits per heavy atom. The number of carbonyl (C=O) groups is 2. The second-order valence-electron chi connectivity index (χ2n) is 5.79. The molecule has 7 heteroatoms. The van der Waals surface area contributed by atoms with Gasteiger partial charge in [0.05, 0.1) is 17.6 Å². The van der Waals surface area contributed by atoms with Crippen molar-refractivity contribution in [3.05, 3.63) is 35.4 Å². The van der Waals surface area contributed by atoms with E-state index >= 15 is 0 Å². The van der Waals surface area contributed by atoms with Crippen molar-refractivity contribution < 1.29 is 22.8 Å². The van der Waals surface area contributed by atoms with Crippen molar-refractivity contribution in [2.75, 3.05) is 13.6 Å². The van der Waals surface area contributed by atoms with Gasteiger partial charge in [-0.2, -0.15) is 13.2 Å². The molecule has 1 aliphatic rings. The highest BCUT2D eigenvalue weighted by molar-refractivity contribution is 5.84. The number of rotatable bonds is 5. The molecule has 0 aliphatic carbocycles.